The Labute approximate surface area is 181 Å². The van der Waals surface area contributed by atoms with Crippen LogP contribution in [0, 0.1) is 0 Å². The number of carbonyl (C=O) groups is 1. The van der Waals surface area contributed by atoms with E-state index in [1.807, 2.05) is 4.90 Å². The van der Waals surface area contributed by atoms with Crippen molar-refractivity contribution in [2.24, 2.45) is 0 Å². The van der Waals surface area contributed by atoms with E-state index in [-0.39, 0.29) is 5.91 Å². The molecule has 0 radical (unpaired) electrons. The van der Waals surface area contributed by atoms with Crippen molar-refractivity contribution in [3.05, 3.63) is 63.6 Å². The van der Waals surface area contributed by atoms with Crippen molar-refractivity contribution in [2.45, 2.75) is 11.9 Å². The lowest BCUT2D eigenvalue weighted by atomic mass is 10.1. The molecule has 1 aliphatic rings. The molecule has 0 bridgehead atoms. The van der Waals surface area contributed by atoms with Gasteiger partial charge in [0.2, 0.25) is 5.91 Å². The topological polar surface area (TPSA) is 23.6 Å². The lowest BCUT2D eigenvalue weighted by Crippen LogP contribution is -2.49. The smallest absolute Gasteiger partial charge is 0.368 e. The van der Waals surface area contributed by atoms with Gasteiger partial charge < -0.3 is 9.80 Å². The summed E-state index contributed by atoms with van der Waals surface area (Å²) in [5, 5.41) is 1.15. The highest BCUT2D eigenvalue weighted by Gasteiger charge is 2.31. The highest BCUT2D eigenvalue weighted by molar-refractivity contribution is 7.99. The number of amides is 1. The lowest BCUT2D eigenvalue weighted by Gasteiger charge is -2.36. The summed E-state index contributed by atoms with van der Waals surface area (Å²) in [6, 6.07) is 10.6. The van der Waals surface area contributed by atoms with E-state index in [9.17, 15) is 18.0 Å². The number of anilines is 1. The number of carbonyl (C=O) groups excluding carboxylic acids is 1. The van der Waals surface area contributed by atoms with Gasteiger partial charge in [-0.2, -0.15) is 13.2 Å². The Bertz CT molecular complexity index is 851. The predicted molar refractivity (Wildman–Crippen MR) is 113 cm³/mol. The van der Waals surface area contributed by atoms with Gasteiger partial charge in [-0.25, -0.2) is 0 Å². The van der Waals surface area contributed by atoms with Crippen molar-refractivity contribution in [1.82, 2.24) is 4.90 Å². The molecule has 0 saturated carbocycles. The van der Waals surface area contributed by atoms with Crippen LogP contribution in [0.4, 0.5) is 18.9 Å². The zero-order valence-corrected chi connectivity index (χ0v) is 17.7. The van der Waals surface area contributed by atoms with E-state index < -0.39 is 11.7 Å². The van der Waals surface area contributed by atoms with Gasteiger partial charge in [-0.1, -0.05) is 35.3 Å². The minimum atomic E-state index is -4.37. The quantitative estimate of drug-likeness (QED) is 0.578. The summed E-state index contributed by atoms with van der Waals surface area (Å²) in [5.74, 6) is 0.835. The molecule has 0 aliphatic carbocycles. The van der Waals surface area contributed by atoms with E-state index in [2.05, 4.69) is 0 Å². The van der Waals surface area contributed by atoms with E-state index in [4.69, 9.17) is 23.2 Å². The molecule has 0 unspecified atom stereocenters. The van der Waals surface area contributed by atoms with Crippen LogP contribution in [0.25, 0.3) is 0 Å². The highest BCUT2D eigenvalue weighted by atomic mass is 35.5. The first kappa shape index (κ1) is 22.1. The SMILES string of the molecule is O=C(CSCc1c(Cl)cccc1Cl)N1CCN(c2cccc(C(F)(F)F)c2)CC1. The molecule has 29 heavy (non-hydrogen) atoms. The van der Waals surface area contributed by atoms with Crippen LogP contribution in [-0.4, -0.2) is 42.7 Å². The van der Waals surface area contributed by atoms with Crippen LogP contribution in [0.1, 0.15) is 11.1 Å². The van der Waals surface area contributed by atoms with E-state index >= 15 is 0 Å². The van der Waals surface area contributed by atoms with Crippen molar-refractivity contribution in [3.8, 4) is 0 Å². The Morgan fingerprint density at radius 2 is 1.62 bits per heavy atom. The molecule has 156 valence electrons. The normalized spacial score (nSPS) is 14.9. The summed E-state index contributed by atoms with van der Waals surface area (Å²) < 4.78 is 38.7. The molecule has 1 amide bonds. The summed E-state index contributed by atoms with van der Waals surface area (Å²) in [5.41, 5.74) is 0.667. The molecule has 1 fully saturated rings. The van der Waals surface area contributed by atoms with Gasteiger partial charge in [0.05, 0.1) is 11.3 Å². The van der Waals surface area contributed by atoms with Gasteiger partial charge in [-0.05, 0) is 35.9 Å². The van der Waals surface area contributed by atoms with E-state index in [0.29, 0.717) is 53.4 Å². The molecule has 9 heteroatoms. The Hall–Kier alpha value is -1.57. The second-order valence-electron chi connectivity index (χ2n) is 6.61. The van der Waals surface area contributed by atoms with Gasteiger partial charge >= 0.3 is 6.18 Å². The summed E-state index contributed by atoms with van der Waals surface area (Å²) in [6.45, 7) is 1.94. The highest BCUT2D eigenvalue weighted by Crippen LogP contribution is 2.32. The van der Waals surface area contributed by atoms with Crippen LogP contribution in [0.3, 0.4) is 0 Å². The second-order valence-corrected chi connectivity index (χ2v) is 8.41. The molecule has 0 spiro atoms. The lowest BCUT2D eigenvalue weighted by molar-refractivity contribution is -0.137. The van der Waals surface area contributed by atoms with Gasteiger partial charge in [0.1, 0.15) is 0 Å². The van der Waals surface area contributed by atoms with Gasteiger partial charge in [0.25, 0.3) is 0 Å². The van der Waals surface area contributed by atoms with Crippen LogP contribution >= 0.6 is 35.0 Å². The molecule has 3 rings (SSSR count). The van der Waals surface area contributed by atoms with Gasteiger partial charge in [-0.15, -0.1) is 11.8 Å². The molecule has 1 saturated heterocycles. The Morgan fingerprint density at radius 1 is 1.00 bits per heavy atom. The number of thioether (sulfide) groups is 1. The molecule has 0 atom stereocenters. The molecular weight excluding hydrogens is 444 g/mol. The van der Waals surface area contributed by atoms with Crippen molar-refractivity contribution >= 4 is 46.6 Å². The number of piperazine rings is 1. The number of alkyl halides is 3. The zero-order valence-electron chi connectivity index (χ0n) is 15.4. The summed E-state index contributed by atoms with van der Waals surface area (Å²) >= 11 is 13.7. The Balaban J connectivity index is 1.50. The fraction of sp³-hybridized carbons (Fsp3) is 0.350. The average Bonchev–Trinajstić information content (AvgIpc) is 2.70. The first-order chi connectivity index (χ1) is 13.8. The minimum Gasteiger partial charge on any atom is -0.368 e. The second kappa shape index (κ2) is 9.49. The van der Waals surface area contributed by atoms with Crippen molar-refractivity contribution in [3.63, 3.8) is 0 Å². The first-order valence-corrected chi connectivity index (χ1v) is 10.9. The minimum absolute atomic E-state index is 0.00173. The first-order valence-electron chi connectivity index (χ1n) is 8.96. The molecule has 0 N–H and O–H groups in total. The van der Waals surface area contributed by atoms with Crippen molar-refractivity contribution in [1.29, 1.82) is 0 Å². The van der Waals surface area contributed by atoms with Crippen LogP contribution in [0.5, 0.6) is 0 Å². The number of halogens is 5. The Morgan fingerprint density at radius 3 is 2.24 bits per heavy atom. The molecule has 1 heterocycles. The number of benzene rings is 2. The molecule has 2 aromatic carbocycles. The maximum absolute atomic E-state index is 12.9. The zero-order chi connectivity index (χ0) is 21.0. The number of nitrogens with zero attached hydrogens (tertiary/aromatic N) is 2. The van der Waals surface area contributed by atoms with Crippen LogP contribution in [0.15, 0.2) is 42.5 Å². The van der Waals surface area contributed by atoms with Crippen molar-refractivity contribution < 1.29 is 18.0 Å². The van der Waals surface area contributed by atoms with E-state index in [1.165, 1.54) is 17.8 Å². The third-order valence-corrected chi connectivity index (χ3v) is 6.36. The molecule has 3 nitrogen and oxygen atoms in total. The predicted octanol–water partition coefficient (Wildman–Crippen LogP) is 5.59. The fourth-order valence-electron chi connectivity index (χ4n) is 3.09. The van der Waals surface area contributed by atoms with Gasteiger partial charge in [0, 0.05) is 47.7 Å². The largest absolute Gasteiger partial charge is 0.416 e. The van der Waals surface area contributed by atoms with E-state index in [1.54, 1.807) is 29.2 Å². The maximum Gasteiger partial charge on any atom is 0.416 e. The third-order valence-electron chi connectivity index (χ3n) is 4.70. The standard InChI is InChI=1S/C20H19Cl2F3N2OS/c21-17-5-2-6-18(22)16(17)12-29-13-19(28)27-9-7-26(8-10-27)15-4-1-3-14(11-15)20(23,24)25/h1-6,11H,7-10,12-13H2. The summed E-state index contributed by atoms with van der Waals surface area (Å²) in [6.07, 6.45) is -4.37. The molecule has 0 aromatic heterocycles. The maximum atomic E-state index is 12.9. The molecule has 1 aliphatic heterocycles. The summed E-state index contributed by atoms with van der Waals surface area (Å²) in [4.78, 5) is 16.1. The van der Waals surface area contributed by atoms with Gasteiger partial charge in [-0.3, -0.25) is 4.79 Å². The number of hydrogen-bond donors (Lipinski definition) is 0. The third kappa shape index (κ3) is 5.74. The molecule has 2 aromatic rings. The van der Waals surface area contributed by atoms with Gasteiger partial charge in [0.15, 0.2) is 0 Å². The van der Waals surface area contributed by atoms with Crippen LogP contribution in [-0.2, 0) is 16.7 Å². The van der Waals surface area contributed by atoms with Crippen LogP contribution < -0.4 is 4.90 Å². The summed E-state index contributed by atoms with van der Waals surface area (Å²) in [7, 11) is 0. The Kier molecular flexibility index (Phi) is 7.24. The van der Waals surface area contributed by atoms with Crippen LogP contribution in [0.2, 0.25) is 10.0 Å². The monoisotopic (exact) mass is 462 g/mol. The van der Waals surface area contributed by atoms with Crippen molar-refractivity contribution in [2.75, 3.05) is 36.8 Å². The average molecular weight is 463 g/mol. The molecular formula is C20H19Cl2F3N2OS. The van der Waals surface area contributed by atoms with E-state index in [0.717, 1.165) is 17.7 Å². The number of rotatable bonds is 5. The number of hydrogen-bond acceptors (Lipinski definition) is 3. The fourth-order valence-corrected chi connectivity index (χ4v) is 4.76.